The molecule has 0 amide bonds. The van der Waals surface area contributed by atoms with Gasteiger partial charge in [0.25, 0.3) is 0 Å². The SMILES string of the molecule is Cc1cc(Nc2cc(C3CCCCC3)nc3c(-c4ccn(C)c4)cnn23)on1. The summed E-state index contributed by atoms with van der Waals surface area (Å²) in [6.45, 7) is 1.91. The van der Waals surface area contributed by atoms with Gasteiger partial charge in [0.1, 0.15) is 5.82 Å². The van der Waals surface area contributed by atoms with Crippen LogP contribution in [0.4, 0.5) is 11.7 Å². The molecule has 5 rings (SSSR count). The van der Waals surface area contributed by atoms with E-state index in [1.165, 1.54) is 32.1 Å². The van der Waals surface area contributed by atoms with Crippen LogP contribution < -0.4 is 5.32 Å². The number of aromatic nitrogens is 5. The van der Waals surface area contributed by atoms with Crippen molar-refractivity contribution in [2.75, 3.05) is 5.32 Å². The van der Waals surface area contributed by atoms with Gasteiger partial charge in [0.05, 0.1) is 11.9 Å². The van der Waals surface area contributed by atoms with Crippen molar-refractivity contribution in [2.45, 2.75) is 44.9 Å². The van der Waals surface area contributed by atoms with Crippen LogP contribution >= 0.6 is 0 Å². The zero-order valence-corrected chi connectivity index (χ0v) is 16.2. The van der Waals surface area contributed by atoms with Gasteiger partial charge in [0.15, 0.2) is 5.65 Å². The van der Waals surface area contributed by atoms with Gasteiger partial charge in [-0.15, -0.1) is 0 Å². The summed E-state index contributed by atoms with van der Waals surface area (Å²) < 4.78 is 9.27. The lowest BCUT2D eigenvalue weighted by Gasteiger charge is -2.22. The van der Waals surface area contributed by atoms with Crippen molar-refractivity contribution >= 4 is 17.3 Å². The molecule has 7 nitrogen and oxygen atoms in total. The Morgan fingerprint density at radius 3 is 2.75 bits per heavy atom. The Balaban J connectivity index is 1.64. The monoisotopic (exact) mass is 376 g/mol. The standard InChI is InChI=1S/C21H24N6O/c1-14-10-20(28-25-14)24-19-11-18(15-6-4-3-5-7-15)23-21-17(12-22-27(19)21)16-8-9-26(2)13-16/h8-13,15,24H,3-7H2,1-2H3. The van der Waals surface area contributed by atoms with Crippen molar-refractivity contribution < 1.29 is 4.52 Å². The first-order chi connectivity index (χ1) is 13.7. The molecule has 1 fully saturated rings. The highest BCUT2D eigenvalue weighted by atomic mass is 16.5. The number of rotatable bonds is 4. The molecule has 1 saturated carbocycles. The molecule has 0 aliphatic heterocycles. The molecule has 28 heavy (non-hydrogen) atoms. The average Bonchev–Trinajstić information content (AvgIpc) is 3.42. The number of nitrogens with one attached hydrogen (secondary N) is 1. The lowest BCUT2D eigenvalue weighted by molar-refractivity contribution is 0.429. The van der Waals surface area contributed by atoms with E-state index in [9.17, 15) is 0 Å². The maximum atomic E-state index is 5.37. The minimum absolute atomic E-state index is 0.495. The van der Waals surface area contributed by atoms with Crippen LogP contribution in [-0.4, -0.2) is 24.3 Å². The van der Waals surface area contributed by atoms with Gasteiger partial charge in [-0.25, -0.2) is 4.98 Å². The van der Waals surface area contributed by atoms with E-state index in [1.54, 1.807) is 0 Å². The van der Waals surface area contributed by atoms with Crippen molar-refractivity contribution in [3.05, 3.63) is 48.2 Å². The van der Waals surface area contributed by atoms with Crippen LogP contribution in [0.1, 0.15) is 49.4 Å². The highest BCUT2D eigenvalue weighted by Crippen LogP contribution is 2.35. The molecule has 1 aliphatic rings. The van der Waals surface area contributed by atoms with Gasteiger partial charge < -0.3 is 14.4 Å². The summed E-state index contributed by atoms with van der Waals surface area (Å²) in [5, 5.41) is 11.9. The zero-order valence-electron chi connectivity index (χ0n) is 16.2. The molecule has 4 aromatic rings. The Labute approximate surface area is 163 Å². The average molecular weight is 376 g/mol. The lowest BCUT2D eigenvalue weighted by atomic mass is 9.87. The Hall–Kier alpha value is -3.09. The summed E-state index contributed by atoms with van der Waals surface area (Å²) in [6.07, 6.45) is 12.3. The smallest absolute Gasteiger partial charge is 0.230 e. The summed E-state index contributed by atoms with van der Waals surface area (Å²) in [5.74, 6) is 1.95. The van der Waals surface area contributed by atoms with E-state index in [-0.39, 0.29) is 0 Å². The molecule has 4 heterocycles. The Morgan fingerprint density at radius 2 is 2.04 bits per heavy atom. The molecule has 0 aromatic carbocycles. The Morgan fingerprint density at radius 1 is 1.18 bits per heavy atom. The van der Waals surface area contributed by atoms with Gasteiger partial charge in [0, 0.05) is 54.3 Å². The molecule has 0 spiro atoms. The summed E-state index contributed by atoms with van der Waals surface area (Å²) in [5.41, 5.74) is 4.99. The van der Waals surface area contributed by atoms with Crippen molar-refractivity contribution in [2.24, 2.45) is 7.05 Å². The fourth-order valence-corrected chi connectivity index (χ4v) is 4.09. The minimum atomic E-state index is 0.495. The molecule has 144 valence electrons. The Bertz CT molecular complexity index is 1120. The summed E-state index contributed by atoms with van der Waals surface area (Å²) in [6, 6.07) is 6.09. The van der Waals surface area contributed by atoms with Crippen LogP contribution in [0.5, 0.6) is 0 Å². The zero-order chi connectivity index (χ0) is 19.1. The molecular weight excluding hydrogens is 352 g/mol. The number of aryl methyl sites for hydroxylation is 2. The normalized spacial score (nSPS) is 15.4. The maximum absolute atomic E-state index is 5.37. The van der Waals surface area contributed by atoms with Gasteiger partial charge in [0.2, 0.25) is 5.88 Å². The van der Waals surface area contributed by atoms with Gasteiger partial charge in [-0.1, -0.05) is 24.4 Å². The van der Waals surface area contributed by atoms with Crippen LogP contribution in [0.3, 0.4) is 0 Å². The van der Waals surface area contributed by atoms with E-state index in [1.807, 2.05) is 41.5 Å². The summed E-state index contributed by atoms with van der Waals surface area (Å²) in [7, 11) is 2.02. The van der Waals surface area contributed by atoms with Crippen molar-refractivity contribution in [3.8, 4) is 11.1 Å². The predicted molar refractivity (Wildman–Crippen MR) is 108 cm³/mol. The van der Waals surface area contributed by atoms with Crippen LogP contribution in [0.2, 0.25) is 0 Å². The molecule has 0 radical (unpaired) electrons. The first kappa shape index (κ1) is 17.0. The third-order valence-corrected chi connectivity index (χ3v) is 5.54. The van der Waals surface area contributed by atoms with E-state index in [0.29, 0.717) is 11.8 Å². The minimum Gasteiger partial charge on any atom is -0.357 e. The van der Waals surface area contributed by atoms with Gasteiger partial charge >= 0.3 is 0 Å². The molecule has 0 unspecified atom stereocenters. The van der Waals surface area contributed by atoms with Crippen LogP contribution in [0.25, 0.3) is 16.8 Å². The van der Waals surface area contributed by atoms with Crippen molar-refractivity contribution in [3.63, 3.8) is 0 Å². The number of fused-ring (bicyclic) bond motifs is 1. The van der Waals surface area contributed by atoms with Crippen LogP contribution in [0.15, 0.2) is 41.3 Å². The number of nitrogens with zero attached hydrogens (tertiary/aromatic N) is 5. The largest absolute Gasteiger partial charge is 0.357 e. The fourth-order valence-electron chi connectivity index (χ4n) is 4.09. The van der Waals surface area contributed by atoms with Gasteiger partial charge in [-0.2, -0.15) is 9.61 Å². The predicted octanol–water partition coefficient (Wildman–Crippen LogP) is 4.82. The van der Waals surface area contributed by atoms with Crippen molar-refractivity contribution in [1.29, 1.82) is 0 Å². The fraction of sp³-hybridized carbons (Fsp3) is 0.381. The van der Waals surface area contributed by atoms with Crippen molar-refractivity contribution in [1.82, 2.24) is 24.3 Å². The maximum Gasteiger partial charge on any atom is 0.230 e. The van der Waals surface area contributed by atoms with Crippen LogP contribution in [0, 0.1) is 6.92 Å². The quantitative estimate of drug-likeness (QED) is 0.553. The molecule has 1 aliphatic carbocycles. The second-order valence-corrected chi connectivity index (χ2v) is 7.72. The molecule has 4 aromatic heterocycles. The summed E-state index contributed by atoms with van der Waals surface area (Å²) in [4.78, 5) is 5.06. The van der Waals surface area contributed by atoms with E-state index >= 15 is 0 Å². The van der Waals surface area contributed by atoms with E-state index in [0.717, 1.165) is 34.0 Å². The number of hydrogen-bond acceptors (Lipinski definition) is 5. The van der Waals surface area contributed by atoms with E-state index < -0.39 is 0 Å². The molecule has 0 bridgehead atoms. The van der Waals surface area contributed by atoms with Crippen LogP contribution in [-0.2, 0) is 7.05 Å². The van der Waals surface area contributed by atoms with E-state index in [4.69, 9.17) is 9.51 Å². The second kappa shape index (κ2) is 6.82. The van der Waals surface area contributed by atoms with E-state index in [2.05, 4.69) is 33.9 Å². The second-order valence-electron chi connectivity index (χ2n) is 7.72. The molecular formula is C21H24N6O. The molecule has 1 N–H and O–H groups in total. The first-order valence-electron chi connectivity index (χ1n) is 9.89. The Kier molecular flexibility index (Phi) is 4.15. The number of hydrogen-bond donors (Lipinski definition) is 1. The molecule has 0 saturated heterocycles. The van der Waals surface area contributed by atoms with Gasteiger partial charge in [-0.05, 0) is 25.8 Å². The lowest BCUT2D eigenvalue weighted by Crippen LogP contribution is -2.10. The first-order valence-corrected chi connectivity index (χ1v) is 9.89. The third kappa shape index (κ3) is 3.06. The number of anilines is 2. The highest BCUT2D eigenvalue weighted by Gasteiger charge is 2.21. The van der Waals surface area contributed by atoms with Gasteiger partial charge in [-0.3, -0.25) is 0 Å². The molecule has 0 atom stereocenters. The topological polar surface area (TPSA) is 73.2 Å². The highest BCUT2D eigenvalue weighted by molar-refractivity contribution is 5.78. The third-order valence-electron chi connectivity index (χ3n) is 5.54. The summed E-state index contributed by atoms with van der Waals surface area (Å²) >= 11 is 0. The molecule has 7 heteroatoms.